The van der Waals surface area contributed by atoms with Crippen LogP contribution in [0.5, 0.6) is 0 Å². The molecule has 1 aromatic carbocycles. The smallest absolute Gasteiger partial charge is 0.744 e. The van der Waals surface area contributed by atoms with E-state index < -0.39 is 10.1 Å². The third-order valence-corrected chi connectivity index (χ3v) is 3.37. The third-order valence-electron chi connectivity index (χ3n) is 2.42. The van der Waals surface area contributed by atoms with Crippen molar-refractivity contribution in [2.75, 3.05) is 0 Å². The molecule has 1 aliphatic carbocycles. The van der Waals surface area contributed by atoms with Crippen molar-refractivity contribution in [3.8, 4) is 0 Å². The summed E-state index contributed by atoms with van der Waals surface area (Å²) in [6.07, 6.45) is 1.89. The van der Waals surface area contributed by atoms with Gasteiger partial charge in [0, 0.05) is 0 Å². The summed E-state index contributed by atoms with van der Waals surface area (Å²) >= 11 is 0. The van der Waals surface area contributed by atoms with Gasteiger partial charge in [-0.25, -0.2) is 8.42 Å². The minimum absolute atomic E-state index is 0. The molecule has 0 bridgehead atoms. The maximum atomic E-state index is 10.9. The van der Waals surface area contributed by atoms with Crippen molar-refractivity contribution < 1.29 is 42.5 Å². The Kier molecular flexibility index (Phi) is 4.15. The van der Waals surface area contributed by atoms with Crippen molar-refractivity contribution in [1.82, 2.24) is 0 Å². The zero-order valence-electron chi connectivity index (χ0n) is 8.93. The average Bonchev–Trinajstić information content (AvgIpc) is 2.16. The molecule has 0 saturated carbocycles. The zero-order chi connectivity index (χ0) is 11.1. The molecule has 78 valence electrons. The minimum atomic E-state index is -4.41. The van der Waals surface area contributed by atoms with Gasteiger partial charge < -0.3 is 4.55 Å². The molecule has 0 amide bonds. The Hall–Kier alpha value is -0.390. The van der Waals surface area contributed by atoms with Gasteiger partial charge in [-0.2, -0.15) is 0 Å². The monoisotopic (exact) mass is 244 g/mol. The van der Waals surface area contributed by atoms with Crippen LogP contribution < -0.4 is 29.6 Å². The van der Waals surface area contributed by atoms with E-state index in [1.165, 1.54) is 6.08 Å². The topological polar surface area (TPSA) is 57.2 Å². The Morgan fingerprint density at radius 3 is 2.50 bits per heavy atom. The average molecular weight is 244 g/mol. The maximum Gasteiger partial charge on any atom is 1.00 e. The summed E-state index contributed by atoms with van der Waals surface area (Å²) < 4.78 is 32.8. The summed E-state index contributed by atoms with van der Waals surface area (Å²) in [5.41, 5.74) is 2.04. The predicted molar refractivity (Wildman–Crippen MR) is 57.0 cm³/mol. The Bertz CT molecular complexity index is 558. The van der Waals surface area contributed by atoms with Gasteiger partial charge >= 0.3 is 29.6 Å². The van der Waals surface area contributed by atoms with E-state index in [-0.39, 0.29) is 34.5 Å². The molecule has 0 fully saturated rings. The van der Waals surface area contributed by atoms with Crippen LogP contribution in [0.1, 0.15) is 11.1 Å². The molecule has 1 aliphatic rings. The second-order valence-corrected chi connectivity index (χ2v) is 4.71. The summed E-state index contributed by atoms with van der Waals surface area (Å²) in [6.45, 7) is 3.66. The predicted octanol–water partition coefficient (Wildman–Crippen LogP) is -1.31. The van der Waals surface area contributed by atoms with Gasteiger partial charge in [-0.05, 0) is 23.1 Å². The fraction of sp³-hybridized carbons (Fsp3) is 0.0909. The van der Waals surface area contributed by atoms with E-state index >= 15 is 0 Å². The molecule has 16 heavy (non-hydrogen) atoms. The first kappa shape index (κ1) is 13.7. The molecule has 0 aromatic heterocycles. The SMILES string of the molecule is C=C1C(S(=O)(=O)[O-])=CCc2ccccc21.[Na+]. The van der Waals surface area contributed by atoms with Crippen molar-refractivity contribution in [3.05, 3.63) is 53.0 Å². The van der Waals surface area contributed by atoms with Gasteiger partial charge in [-0.15, -0.1) is 0 Å². The van der Waals surface area contributed by atoms with E-state index in [0.29, 0.717) is 12.0 Å². The van der Waals surface area contributed by atoms with E-state index in [1.54, 1.807) is 12.1 Å². The largest absolute Gasteiger partial charge is 1.00 e. The zero-order valence-corrected chi connectivity index (χ0v) is 11.8. The van der Waals surface area contributed by atoms with Crippen LogP contribution in [-0.2, 0) is 16.5 Å². The molecular formula is C11H9NaO3S. The van der Waals surface area contributed by atoms with Crippen LogP contribution in [0.15, 0.2) is 41.8 Å². The second-order valence-electron chi connectivity index (χ2n) is 3.36. The minimum Gasteiger partial charge on any atom is -0.744 e. The summed E-state index contributed by atoms with van der Waals surface area (Å²) in [7, 11) is -4.41. The number of hydrogen-bond acceptors (Lipinski definition) is 3. The van der Waals surface area contributed by atoms with Gasteiger partial charge in [-0.1, -0.05) is 36.9 Å². The summed E-state index contributed by atoms with van der Waals surface area (Å²) in [6, 6.07) is 7.34. The molecule has 5 heteroatoms. The molecule has 3 nitrogen and oxygen atoms in total. The van der Waals surface area contributed by atoms with Crippen LogP contribution in [0.2, 0.25) is 0 Å². The fourth-order valence-corrected chi connectivity index (χ4v) is 2.40. The fourth-order valence-electron chi connectivity index (χ4n) is 1.70. The Balaban J connectivity index is 0.00000128. The standard InChI is InChI=1S/C11H10O3S.Na/c1-8-10-5-3-2-4-9(10)6-7-11(8)15(12,13)14;/h2-5,7H,1,6H2,(H,12,13,14);/q;+1/p-1. The van der Waals surface area contributed by atoms with Crippen molar-refractivity contribution in [1.29, 1.82) is 0 Å². The van der Waals surface area contributed by atoms with Crippen molar-refractivity contribution >= 4 is 15.7 Å². The van der Waals surface area contributed by atoms with Gasteiger partial charge in [0.15, 0.2) is 0 Å². The molecule has 0 radical (unpaired) electrons. The molecule has 2 rings (SSSR count). The summed E-state index contributed by atoms with van der Waals surface area (Å²) in [4.78, 5) is -0.193. The number of fused-ring (bicyclic) bond motifs is 1. The van der Waals surface area contributed by atoms with Crippen molar-refractivity contribution in [2.24, 2.45) is 0 Å². The molecule has 0 spiro atoms. The number of benzene rings is 1. The Morgan fingerprint density at radius 1 is 1.25 bits per heavy atom. The van der Waals surface area contributed by atoms with Crippen LogP contribution in [-0.4, -0.2) is 13.0 Å². The van der Waals surface area contributed by atoms with Crippen LogP contribution in [0.4, 0.5) is 0 Å². The number of rotatable bonds is 1. The van der Waals surface area contributed by atoms with Gasteiger partial charge in [0.25, 0.3) is 0 Å². The summed E-state index contributed by atoms with van der Waals surface area (Å²) in [5.74, 6) is 0. The Labute approximate surface area is 117 Å². The van der Waals surface area contributed by atoms with Gasteiger partial charge in [-0.3, -0.25) is 0 Å². The van der Waals surface area contributed by atoms with E-state index in [0.717, 1.165) is 11.1 Å². The molecule has 0 unspecified atom stereocenters. The quantitative estimate of drug-likeness (QED) is 0.455. The van der Waals surface area contributed by atoms with E-state index in [2.05, 4.69) is 6.58 Å². The number of allylic oxidation sites excluding steroid dienone is 2. The molecule has 0 N–H and O–H groups in total. The van der Waals surface area contributed by atoms with Crippen LogP contribution >= 0.6 is 0 Å². The molecule has 0 saturated heterocycles. The first-order chi connectivity index (χ1) is 7.00. The maximum absolute atomic E-state index is 10.9. The van der Waals surface area contributed by atoms with E-state index in [9.17, 15) is 13.0 Å². The molecular weight excluding hydrogens is 235 g/mol. The van der Waals surface area contributed by atoms with Crippen LogP contribution in [0.25, 0.3) is 5.57 Å². The van der Waals surface area contributed by atoms with E-state index in [1.807, 2.05) is 12.1 Å². The first-order valence-electron chi connectivity index (χ1n) is 4.44. The number of hydrogen-bond donors (Lipinski definition) is 0. The van der Waals surface area contributed by atoms with Crippen LogP contribution in [0, 0.1) is 0 Å². The van der Waals surface area contributed by atoms with Gasteiger partial charge in [0.2, 0.25) is 0 Å². The van der Waals surface area contributed by atoms with Crippen molar-refractivity contribution in [3.63, 3.8) is 0 Å². The second kappa shape index (κ2) is 4.85. The summed E-state index contributed by atoms with van der Waals surface area (Å²) in [5, 5.41) is 0. The first-order valence-corrected chi connectivity index (χ1v) is 5.84. The normalized spacial score (nSPS) is 14.8. The Morgan fingerprint density at radius 2 is 1.88 bits per heavy atom. The molecule has 0 atom stereocenters. The molecule has 1 aromatic rings. The van der Waals surface area contributed by atoms with Crippen molar-refractivity contribution in [2.45, 2.75) is 6.42 Å². The molecule has 0 aliphatic heterocycles. The molecule has 0 heterocycles. The van der Waals surface area contributed by atoms with Gasteiger partial charge in [0.05, 0.1) is 4.91 Å². The van der Waals surface area contributed by atoms with Gasteiger partial charge in [0.1, 0.15) is 10.1 Å². The van der Waals surface area contributed by atoms with Crippen LogP contribution in [0.3, 0.4) is 0 Å². The third kappa shape index (κ3) is 2.47. The van der Waals surface area contributed by atoms with E-state index in [4.69, 9.17) is 0 Å².